The Bertz CT molecular complexity index is 1120. The van der Waals surface area contributed by atoms with Gasteiger partial charge in [-0.05, 0) is 51.1 Å². The van der Waals surface area contributed by atoms with Gasteiger partial charge in [-0.3, -0.25) is 4.79 Å². The van der Waals surface area contributed by atoms with E-state index in [0.29, 0.717) is 17.6 Å². The minimum absolute atomic E-state index is 0.136. The molecule has 0 spiro atoms. The van der Waals surface area contributed by atoms with Crippen molar-refractivity contribution in [2.24, 2.45) is 0 Å². The molecule has 1 unspecified atom stereocenters. The number of nitrogens with one attached hydrogen (secondary N) is 1. The van der Waals surface area contributed by atoms with Gasteiger partial charge in [-0.1, -0.05) is 30.3 Å². The minimum Gasteiger partial charge on any atom is -0.370 e. The number of aryl methyl sites for hydroxylation is 1. The summed E-state index contributed by atoms with van der Waals surface area (Å²) >= 11 is 0. The maximum Gasteiger partial charge on any atom is 0.428 e. The molecule has 9 heteroatoms. The molecule has 1 aliphatic heterocycles. The summed E-state index contributed by atoms with van der Waals surface area (Å²) in [6, 6.07) is 11.5. The van der Waals surface area contributed by atoms with E-state index in [-0.39, 0.29) is 23.5 Å². The second-order valence-corrected chi connectivity index (χ2v) is 8.26. The Morgan fingerprint density at radius 1 is 1.12 bits per heavy atom. The summed E-state index contributed by atoms with van der Waals surface area (Å²) in [7, 11) is 0. The molecule has 2 heterocycles. The third-order valence-electron chi connectivity index (χ3n) is 6.16. The number of likely N-dealkylation sites (tertiary alicyclic amines) is 1. The lowest BCUT2D eigenvalue weighted by Crippen LogP contribution is -2.45. The van der Waals surface area contributed by atoms with Crippen LogP contribution < -0.4 is 5.32 Å². The van der Waals surface area contributed by atoms with Crippen LogP contribution in [0.2, 0.25) is 0 Å². The van der Waals surface area contributed by atoms with Gasteiger partial charge in [0.15, 0.2) is 5.82 Å². The number of alkyl halides is 3. The van der Waals surface area contributed by atoms with E-state index in [1.165, 1.54) is 53.8 Å². The molecule has 6 nitrogen and oxygen atoms in total. The third-order valence-corrected chi connectivity index (χ3v) is 6.16. The summed E-state index contributed by atoms with van der Waals surface area (Å²) < 4.78 is 44.0. The first kappa shape index (κ1) is 23.3. The van der Waals surface area contributed by atoms with Crippen molar-refractivity contribution in [1.29, 1.82) is 0 Å². The number of carbonyl (C=O) groups is 1. The van der Waals surface area contributed by atoms with Crippen molar-refractivity contribution < 1.29 is 23.1 Å². The minimum atomic E-state index is -5.00. The molecular formula is C24H27F3N4O2. The van der Waals surface area contributed by atoms with Gasteiger partial charge in [0.1, 0.15) is 0 Å². The van der Waals surface area contributed by atoms with Crippen molar-refractivity contribution in [2.75, 3.05) is 26.2 Å². The van der Waals surface area contributed by atoms with Gasteiger partial charge in [-0.25, -0.2) is 4.98 Å². The molecule has 1 amide bonds. The lowest BCUT2D eigenvalue weighted by Gasteiger charge is -2.30. The third kappa shape index (κ3) is 4.35. The van der Waals surface area contributed by atoms with E-state index in [0.717, 1.165) is 19.6 Å². The second-order valence-electron chi connectivity index (χ2n) is 8.26. The Labute approximate surface area is 190 Å². The molecule has 4 rings (SSSR count). The van der Waals surface area contributed by atoms with Gasteiger partial charge in [0.25, 0.3) is 5.91 Å². The number of hydrogen-bond acceptors (Lipinski definition) is 4. The van der Waals surface area contributed by atoms with E-state index in [1.807, 2.05) is 0 Å². The fraction of sp³-hybridized carbons (Fsp3) is 0.417. The van der Waals surface area contributed by atoms with Gasteiger partial charge < -0.3 is 19.9 Å². The molecule has 2 aromatic carbocycles. The maximum absolute atomic E-state index is 14.2. The van der Waals surface area contributed by atoms with E-state index in [2.05, 4.69) is 15.2 Å². The van der Waals surface area contributed by atoms with E-state index in [1.54, 1.807) is 19.1 Å². The van der Waals surface area contributed by atoms with E-state index >= 15 is 0 Å². The van der Waals surface area contributed by atoms with Gasteiger partial charge in [0, 0.05) is 30.8 Å². The standard InChI is InChI=1S/C24H27F3N4O2/c1-2-31-20-16-17(21(32)28-12-15-30-13-6-7-14-30)10-11-19(20)29-22(31)23(33,24(25,26)27)18-8-4-3-5-9-18/h3-5,8-11,16,33H,2,6-7,12-15H2,1H3,(H,28,32). The zero-order valence-electron chi connectivity index (χ0n) is 18.4. The van der Waals surface area contributed by atoms with Crippen LogP contribution in [0.15, 0.2) is 48.5 Å². The highest BCUT2D eigenvalue weighted by atomic mass is 19.4. The molecule has 0 aliphatic carbocycles. The number of hydrogen-bond donors (Lipinski definition) is 2. The number of aliphatic hydroxyl groups is 1. The average Bonchev–Trinajstić information content (AvgIpc) is 3.45. The predicted molar refractivity (Wildman–Crippen MR) is 119 cm³/mol. The summed E-state index contributed by atoms with van der Waals surface area (Å²) in [6.45, 7) is 5.14. The maximum atomic E-state index is 14.2. The van der Waals surface area contributed by atoms with E-state index in [4.69, 9.17) is 0 Å². The highest BCUT2D eigenvalue weighted by molar-refractivity contribution is 5.97. The molecule has 1 saturated heterocycles. The molecule has 0 saturated carbocycles. The monoisotopic (exact) mass is 460 g/mol. The molecule has 0 radical (unpaired) electrons. The number of imidazole rings is 1. The van der Waals surface area contributed by atoms with Crippen molar-refractivity contribution in [3.8, 4) is 0 Å². The highest BCUT2D eigenvalue weighted by Gasteiger charge is 2.59. The molecule has 1 fully saturated rings. The first-order chi connectivity index (χ1) is 15.8. The first-order valence-corrected chi connectivity index (χ1v) is 11.1. The average molecular weight is 461 g/mol. The molecule has 2 N–H and O–H groups in total. The van der Waals surface area contributed by atoms with Gasteiger partial charge in [-0.15, -0.1) is 0 Å². The van der Waals surface area contributed by atoms with Crippen LogP contribution in [0.4, 0.5) is 13.2 Å². The summed E-state index contributed by atoms with van der Waals surface area (Å²) in [5, 5.41) is 13.9. The number of halogens is 3. The fourth-order valence-electron chi connectivity index (χ4n) is 4.40. The highest BCUT2D eigenvalue weighted by Crippen LogP contribution is 2.44. The zero-order chi connectivity index (χ0) is 23.6. The number of aromatic nitrogens is 2. The second kappa shape index (κ2) is 9.15. The Hall–Kier alpha value is -2.91. The zero-order valence-corrected chi connectivity index (χ0v) is 18.4. The Balaban J connectivity index is 1.68. The van der Waals surface area contributed by atoms with E-state index < -0.39 is 17.6 Å². The van der Waals surface area contributed by atoms with Crippen LogP contribution in [0.5, 0.6) is 0 Å². The summed E-state index contributed by atoms with van der Waals surface area (Å²) in [4.78, 5) is 19.1. The molecule has 3 aromatic rings. The van der Waals surface area contributed by atoms with Gasteiger partial charge in [0.05, 0.1) is 11.0 Å². The Kier molecular flexibility index (Phi) is 6.45. The van der Waals surface area contributed by atoms with Gasteiger partial charge in [0.2, 0.25) is 5.60 Å². The number of benzene rings is 2. The largest absolute Gasteiger partial charge is 0.428 e. The van der Waals surface area contributed by atoms with Crippen LogP contribution in [0.25, 0.3) is 11.0 Å². The van der Waals surface area contributed by atoms with Crippen LogP contribution in [0.3, 0.4) is 0 Å². The van der Waals surface area contributed by atoms with Crippen molar-refractivity contribution in [2.45, 2.75) is 38.1 Å². The normalized spacial score (nSPS) is 16.8. The quantitative estimate of drug-likeness (QED) is 0.565. The molecule has 1 aromatic heterocycles. The van der Waals surface area contributed by atoms with Crippen LogP contribution in [-0.2, 0) is 12.1 Å². The molecule has 0 bridgehead atoms. The van der Waals surface area contributed by atoms with Crippen molar-refractivity contribution >= 4 is 16.9 Å². The lowest BCUT2D eigenvalue weighted by molar-refractivity contribution is -0.252. The van der Waals surface area contributed by atoms with Crippen molar-refractivity contribution in [1.82, 2.24) is 19.8 Å². The lowest BCUT2D eigenvalue weighted by atomic mass is 9.92. The van der Waals surface area contributed by atoms with Crippen LogP contribution >= 0.6 is 0 Å². The van der Waals surface area contributed by atoms with Crippen molar-refractivity contribution in [3.63, 3.8) is 0 Å². The molecule has 176 valence electrons. The number of nitrogens with zero attached hydrogens (tertiary/aromatic N) is 3. The molecule has 1 atom stereocenters. The Morgan fingerprint density at radius 2 is 1.82 bits per heavy atom. The van der Waals surface area contributed by atoms with Crippen LogP contribution in [0, 0.1) is 0 Å². The molecule has 1 aliphatic rings. The van der Waals surface area contributed by atoms with Gasteiger partial charge >= 0.3 is 6.18 Å². The summed E-state index contributed by atoms with van der Waals surface area (Å²) in [5.41, 5.74) is -2.64. The van der Waals surface area contributed by atoms with Crippen molar-refractivity contribution in [3.05, 3.63) is 65.5 Å². The van der Waals surface area contributed by atoms with E-state index in [9.17, 15) is 23.1 Å². The number of rotatable bonds is 7. The number of carbonyl (C=O) groups excluding carboxylic acids is 1. The Morgan fingerprint density at radius 3 is 2.45 bits per heavy atom. The summed E-state index contributed by atoms with van der Waals surface area (Å²) in [6.07, 6.45) is -2.67. The fourth-order valence-corrected chi connectivity index (χ4v) is 4.40. The topological polar surface area (TPSA) is 70.4 Å². The number of fused-ring (bicyclic) bond motifs is 1. The molecular weight excluding hydrogens is 433 g/mol. The first-order valence-electron chi connectivity index (χ1n) is 11.1. The SMILES string of the molecule is CCn1c(C(O)(c2ccccc2)C(F)(F)F)nc2ccc(C(=O)NCCN3CCCC3)cc21. The van der Waals surface area contributed by atoms with Crippen LogP contribution in [-0.4, -0.2) is 57.8 Å². The van der Waals surface area contributed by atoms with Gasteiger partial charge in [-0.2, -0.15) is 13.2 Å². The molecule has 33 heavy (non-hydrogen) atoms. The summed E-state index contributed by atoms with van der Waals surface area (Å²) in [5.74, 6) is -0.819. The van der Waals surface area contributed by atoms with Crippen LogP contribution in [0.1, 0.15) is 41.5 Å². The number of amides is 1. The predicted octanol–water partition coefficient (Wildman–Crippen LogP) is 3.68. The smallest absolute Gasteiger partial charge is 0.370 e.